The molecule has 10 nitrogen and oxygen atoms in total. The lowest BCUT2D eigenvalue weighted by Crippen LogP contribution is -2.21. The number of aromatic nitrogens is 2. The summed E-state index contributed by atoms with van der Waals surface area (Å²) in [6.45, 7) is 1.30. The van der Waals surface area contributed by atoms with Crippen LogP contribution in [0.15, 0.2) is 47.4 Å². The molecule has 12 heteroatoms. The van der Waals surface area contributed by atoms with Gasteiger partial charge in [0.25, 0.3) is 15.7 Å². The second-order valence-electron chi connectivity index (χ2n) is 5.97. The first-order valence-electron chi connectivity index (χ1n) is 8.16. The molecule has 0 spiro atoms. The molecule has 1 saturated heterocycles. The normalized spacial score (nSPS) is 17.1. The van der Waals surface area contributed by atoms with Gasteiger partial charge in [0.1, 0.15) is 3.70 Å². The summed E-state index contributed by atoms with van der Waals surface area (Å²) in [7, 11) is -4.14. The highest BCUT2D eigenvalue weighted by molar-refractivity contribution is 14.1. The number of halogens is 1. The zero-order valence-electron chi connectivity index (χ0n) is 14.2. The van der Waals surface area contributed by atoms with Crippen molar-refractivity contribution in [2.24, 2.45) is 0 Å². The van der Waals surface area contributed by atoms with E-state index in [1.54, 1.807) is 22.9 Å². The van der Waals surface area contributed by atoms with E-state index >= 15 is 0 Å². The van der Waals surface area contributed by atoms with Gasteiger partial charge in [0.15, 0.2) is 4.90 Å². The molecule has 1 aromatic heterocycles. The predicted octanol–water partition coefficient (Wildman–Crippen LogP) is 2.43. The van der Waals surface area contributed by atoms with Gasteiger partial charge < -0.3 is 4.74 Å². The highest BCUT2D eigenvalue weighted by atomic mass is 127. The fourth-order valence-electron chi connectivity index (χ4n) is 2.96. The van der Waals surface area contributed by atoms with E-state index in [1.165, 1.54) is 18.2 Å². The summed E-state index contributed by atoms with van der Waals surface area (Å²) in [5, 5.41) is 19.5. The average molecular weight is 515 g/mol. The van der Waals surface area contributed by atoms with Crippen LogP contribution in [0, 0.1) is 13.8 Å². The van der Waals surface area contributed by atoms with Gasteiger partial charge in [-0.3, -0.25) is 20.2 Å². The highest BCUT2D eigenvalue weighted by Gasteiger charge is 2.26. The Morgan fingerprint density at radius 3 is 2.82 bits per heavy atom. The second-order valence-corrected chi connectivity index (χ2v) is 8.65. The maximum atomic E-state index is 12.7. The third kappa shape index (κ3) is 3.43. The molecule has 2 aromatic carbocycles. The van der Waals surface area contributed by atoms with Crippen LogP contribution < -0.4 is 10.0 Å². The number of anilines is 1. The van der Waals surface area contributed by atoms with Crippen molar-refractivity contribution in [1.82, 2.24) is 15.1 Å². The number of hydrogen-bond acceptors (Lipinski definition) is 7. The van der Waals surface area contributed by atoms with E-state index in [-0.39, 0.29) is 12.0 Å². The molecule has 3 aromatic rings. The maximum absolute atomic E-state index is 12.7. The van der Waals surface area contributed by atoms with Gasteiger partial charge in [0.05, 0.1) is 17.0 Å². The van der Waals surface area contributed by atoms with Crippen molar-refractivity contribution in [1.29, 1.82) is 0 Å². The van der Waals surface area contributed by atoms with Crippen molar-refractivity contribution in [2.45, 2.75) is 11.2 Å². The molecule has 1 atom stereocenters. The van der Waals surface area contributed by atoms with Crippen LogP contribution in [0.25, 0.3) is 10.9 Å². The Kier molecular flexibility index (Phi) is 4.95. The van der Waals surface area contributed by atoms with Crippen molar-refractivity contribution in [2.75, 3.05) is 17.9 Å². The summed E-state index contributed by atoms with van der Waals surface area (Å²) in [5.74, 6) is 0. The standard InChI is InChI=1S/C16H14IN5O5S/c17-15-11-9-10(5-6-12(11)21(19-15)16-18-7-8-27-16)20-28(25,26)14-4-2-1-3-13(14)22(23)24/h1-6,9,16,18,20H,7-8H2. The van der Waals surface area contributed by atoms with Crippen LogP contribution >= 0.6 is 22.6 Å². The third-order valence-corrected chi connectivity index (χ3v) is 6.41. The van der Waals surface area contributed by atoms with Gasteiger partial charge in [0, 0.05) is 23.7 Å². The lowest BCUT2D eigenvalue weighted by molar-refractivity contribution is -0.387. The van der Waals surface area contributed by atoms with Crippen molar-refractivity contribution in [3.8, 4) is 0 Å². The smallest absolute Gasteiger partial charge is 0.289 e. The Hall–Kier alpha value is -2.29. The van der Waals surface area contributed by atoms with E-state index in [2.05, 4.69) is 37.7 Å². The molecule has 0 bridgehead atoms. The number of nitro groups is 1. The van der Waals surface area contributed by atoms with Crippen LogP contribution in [0.4, 0.5) is 11.4 Å². The number of benzene rings is 2. The quantitative estimate of drug-likeness (QED) is 0.304. The molecule has 2 heterocycles. The van der Waals surface area contributed by atoms with E-state index in [0.717, 1.165) is 23.5 Å². The van der Waals surface area contributed by atoms with E-state index < -0.39 is 25.5 Å². The highest BCUT2D eigenvalue weighted by Crippen LogP contribution is 2.29. The van der Waals surface area contributed by atoms with Crippen molar-refractivity contribution >= 4 is 54.9 Å². The van der Waals surface area contributed by atoms with Crippen LogP contribution in [-0.4, -0.2) is 36.3 Å². The maximum Gasteiger partial charge on any atom is 0.289 e. The zero-order valence-corrected chi connectivity index (χ0v) is 17.2. The monoisotopic (exact) mass is 515 g/mol. The first-order chi connectivity index (χ1) is 13.4. The summed E-state index contributed by atoms with van der Waals surface area (Å²) in [6.07, 6.45) is -0.375. The Morgan fingerprint density at radius 1 is 1.32 bits per heavy atom. The molecular formula is C16H14IN5O5S. The van der Waals surface area contributed by atoms with E-state index in [9.17, 15) is 18.5 Å². The van der Waals surface area contributed by atoms with Gasteiger partial charge in [-0.15, -0.1) is 0 Å². The van der Waals surface area contributed by atoms with Gasteiger partial charge in [0.2, 0.25) is 6.35 Å². The number of para-hydroxylation sites is 1. The fourth-order valence-corrected chi connectivity index (χ4v) is 4.85. The largest absolute Gasteiger partial charge is 0.342 e. The van der Waals surface area contributed by atoms with Gasteiger partial charge >= 0.3 is 0 Å². The Morgan fingerprint density at radius 2 is 2.11 bits per heavy atom. The number of sulfonamides is 1. The number of hydrogen-bond donors (Lipinski definition) is 2. The molecular weight excluding hydrogens is 501 g/mol. The van der Waals surface area contributed by atoms with Crippen LogP contribution in [0.5, 0.6) is 0 Å². The summed E-state index contributed by atoms with van der Waals surface area (Å²) in [6, 6.07) is 10.2. The van der Waals surface area contributed by atoms with Crippen LogP contribution in [0.2, 0.25) is 0 Å². The molecule has 146 valence electrons. The topological polar surface area (TPSA) is 128 Å². The average Bonchev–Trinajstić information content (AvgIpc) is 3.30. The minimum absolute atomic E-state index is 0.281. The summed E-state index contributed by atoms with van der Waals surface area (Å²) < 4.78 is 35.7. The lowest BCUT2D eigenvalue weighted by atomic mass is 10.2. The second kappa shape index (κ2) is 7.27. The number of nitrogens with one attached hydrogen (secondary N) is 2. The molecule has 0 amide bonds. The van der Waals surface area contributed by atoms with Crippen molar-refractivity contribution in [3.63, 3.8) is 0 Å². The summed E-state index contributed by atoms with van der Waals surface area (Å²) in [4.78, 5) is 10.0. The molecule has 0 saturated carbocycles. The first-order valence-corrected chi connectivity index (χ1v) is 10.7. The molecule has 0 radical (unpaired) electrons. The molecule has 1 aliphatic rings. The Labute approximate surface area is 173 Å². The van der Waals surface area contributed by atoms with E-state index in [0.29, 0.717) is 10.3 Å². The zero-order chi connectivity index (χ0) is 19.9. The number of rotatable bonds is 5. The number of fused-ring (bicyclic) bond motifs is 1. The molecule has 0 aliphatic carbocycles. The molecule has 4 rings (SSSR count). The van der Waals surface area contributed by atoms with Gasteiger partial charge in [-0.05, 0) is 46.9 Å². The molecule has 2 N–H and O–H groups in total. The summed E-state index contributed by atoms with van der Waals surface area (Å²) in [5.41, 5.74) is 0.573. The molecule has 1 fully saturated rings. The number of nitro benzene ring substituents is 1. The first kappa shape index (κ1) is 19.0. The van der Waals surface area contributed by atoms with Crippen LogP contribution in [0.1, 0.15) is 6.35 Å². The van der Waals surface area contributed by atoms with Crippen molar-refractivity contribution in [3.05, 3.63) is 56.3 Å². The summed E-state index contributed by atoms with van der Waals surface area (Å²) >= 11 is 2.06. The predicted molar refractivity (Wildman–Crippen MR) is 109 cm³/mol. The lowest BCUT2D eigenvalue weighted by Gasteiger charge is -2.12. The van der Waals surface area contributed by atoms with Gasteiger partial charge in [-0.25, -0.2) is 13.1 Å². The minimum atomic E-state index is -4.14. The molecule has 1 unspecified atom stereocenters. The third-order valence-electron chi connectivity index (χ3n) is 4.18. The molecule has 1 aliphatic heterocycles. The Balaban J connectivity index is 1.70. The van der Waals surface area contributed by atoms with Gasteiger partial charge in [-0.2, -0.15) is 5.10 Å². The SMILES string of the molecule is O=[N+]([O-])c1ccccc1S(=O)(=O)Nc1ccc2c(c1)c(I)nn2C1NCCO1. The van der Waals surface area contributed by atoms with E-state index in [4.69, 9.17) is 4.74 Å². The fraction of sp³-hybridized carbons (Fsp3) is 0.188. The molecule has 28 heavy (non-hydrogen) atoms. The Bertz CT molecular complexity index is 1170. The van der Waals surface area contributed by atoms with E-state index in [1.807, 2.05) is 0 Å². The van der Waals surface area contributed by atoms with Crippen LogP contribution in [-0.2, 0) is 14.8 Å². The van der Waals surface area contributed by atoms with Crippen molar-refractivity contribution < 1.29 is 18.1 Å². The van der Waals surface area contributed by atoms with Gasteiger partial charge in [-0.1, -0.05) is 12.1 Å². The number of ether oxygens (including phenoxy) is 1. The minimum Gasteiger partial charge on any atom is -0.342 e. The number of nitrogens with zero attached hydrogens (tertiary/aromatic N) is 3. The van der Waals surface area contributed by atoms with Crippen LogP contribution in [0.3, 0.4) is 0 Å².